The van der Waals surface area contributed by atoms with Crippen LogP contribution in [0.2, 0.25) is 0 Å². The van der Waals surface area contributed by atoms with Gasteiger partial charge in [-0.25, -0.2) is 14.5 Å². The van der Waals surface area contributed by atoms with E-state index in [-0.39, 0.29) is 12.3 Å². The Balaban J connectivity index is 2.47. The van der Waals surface area contributed by atoms with E-state index in [1.54, 1.807) is 18.2 Å². The average molecular weight is 259 g/mol. The maximum Gasteiger partial charge on any atom is 0.347 e. The van der Waals surface area contributed by atoms with Gasteiger partial charge in [-0.2, -0.15) is 5.10 Å². The molecule has 0 radical (unpaired) electrons. The molecule has 98 valence electrons. The van der Waals surface area contributed by atoms with Gasteiger partial charge < -0.3 is 9.84 Å². The zero-order valence-corrected chi connectivity index (χ0v) is 10.4. The maximum atomic E-state index is 11.6. The minimum atomic E-state index is -0.348. The molecule has 0 amide bonds. The summed E-state index contributed by atoms with van der Waals surface area (Å²) in [6.45, 7) is 0.0250. The van der Waals surface area contributed by atoms with Crippen molar-refractivity contribution < 1.29 is 9.84 Å². The molecule has 6 nitrogen and oxygen atoms in total. The Labute approximate surface area is 109 Å². The largest absolute Gasteiger partial charge is 0.495 e. The maximum absolute atomic E-state index is 11.6. The molecule has 0 spiro atoms. The van der Waals surface area contributed by atoms with Gasteiger partial charge in [-0.05, 0) is 18.2 Å². The smallest absolute Gasteiger partial charge is 0.347 e. The van der Waals surface area contributed by atoms with Gasteiger partial charge in [-0.15, -0.1) is 0 Å². The van der Waals surface area contributed by atoms with Crippen LogP contribution >= 0.6 is 0 Å². The van der Waals surface area contributed by atoms with E-state index in [4.69, 9.17) is 9.84 Å². The highest BCUT2D eigenvalue weighted by atomic mass is 16.5. The first-order chi connectivity index (χ1) is 9.26. The fourth-order valence-corrected chi connectivity index (χ4v) is 1.60. The molecule has 0 bridgehead atoms. The Bertz CT molecular complexity index is 676. The van der Waals surface area contributed by atoms with Gasteiger partial charge in [-0.3, -0.25) is 0 Å². The number of aliphatic hydroxyl groups excluding tert-OH is 1. The van der Waals surface area contributed by atoms with E-state index in [2.05, 4.69) is 22.0 Å². The summed E-state index contributed by atoms with van der Waals surface area (Å²) in [6, 6.07) is 5.26. The minimum absolute atomic E-state index is 0.0250. The quantitative estimate of drug-likeness (QED) is 0.777. The Morgan fingerprint density at radius 3 is 3.00 bits per heavy atom. The van der Waals surface area contributed by atoms with E-state index in [0.717, 1.165) is 5.56 Å². The van der Waals surface area contributed by atoms with Crippen LogP contribution in [0.1, 0.15) is 12.0 Å². The van der Waals surface area contributed by atoms with Crippen molar-refractivity contribution in [3.05, 3.63) is 40.6 Å². The second kappa shape index (κ2) is 5.89. The molecule has 0 fully saturated rings. The zero-order valence-electron chi connectivity index (χ0n) is 10.4. The van der Waals surface area contributed by atoms with Crippen molar-refractivity contribution in [3.8, 4) is 23.3 Å². The summed E-state index contributed by atoms with van der Waals surface area (Å²) in [5.74, 6) is 6.28. The summed E-state index contributed by atoms with van der Waals surface area (Å²) in [5.41, 5.74) is 0.952. The van der Waals surface area contributed by atoms with Gasteiger partial charge in [0.25, 0.3) is 0 Å². The van der Waals surface area contributed by atoms with Crippen molar-refractivity contribution in [3.63, 3.8) is 0 Å². The minimum Gasteiger partial charge on any atom is -0.495 e. The van der Waals surface area contributed by atoms with Gasteiger partial charge in [0.1, 0.15) is 12.1 Å². The highest BCUT2D eigenvalue weighted by Crippen LogP contribution is 2.22. The molecule has 2 rings (SSSR count). The summed E-state index contributed by atoms with van der Waals surface area (Å²) >= 11 is 0. The third-order valence-electron chi connectivity index (χ3n) is 2.46. The molecule has 0 aliphatic heterocycles. The van der Waals surface area contributed by atoms with Crippen molar-refractivity contribution >= 4 is 0 Å². The van der Waals surface area contributed by atoms with E-state index in [9.17, 15) is 4.79 Å². The summed E-state index contributed by atoms with van der Waals surface area (Å²) in [4.78, 5) is 11.6. The number of H-pyrrole nitrogens is 1. The monoisotopic (exact) mass is 259 g/mol. The second-order valence-electron chi connectivity index (χ2n) is 3.69. The third-order valence-corrected chi connectivity index (χ3v) is 2.46. The molecule has 0 saturated carbocycles. The number of nitrogens with one attached hydrogen (secondary N) is 1. The van der Waals surface area contributed by atoms with Gasteiger partial charge in [-0.1, -0.05) is 11.8 Å². The molecule has 1 aromatic heterocycles. The van der Waals surface area contributed by atoms with Crippen LogP contribution < -0.4 is 10.4 Å². The molecule has 1 heterocycles. The lowest BCUT2D eigenvalue weighted by molar-refractivity contribution is 0.305. The number of rotatable bonds is 3. The predicted molar refractivity (Wildman–Crippen MR) is 69.3 cm³/mol. The number of aromatic nitrogens is 3. The predicted octanol–water partition coefficient (Wildman–Crippen LogP) is 0.303. The first-order valence-electron chi connectivity index (χ1n) is 5.66. The SMILES string of the molecule is COc1ccc(C#CCCO)cc1-n1cn[nH]c1=O. The average Bonchev–Trinajstić information content (AvgIpc) is 2.85. The number of aromatic amines is 1. The first kappa shape index (κ1) is 12.9. The van der Waals surface area contributed by atoms with Crippen LogP contribution in [0.25, 0.3) is 5.69 Å². The van der Waals surface area contributed by atoms with Crippen molar-refractivity contribution in [2.45, 2.75) is 6.42 Å². The summed E-state index contributed by atoms with van der Waals surface area (Å²) in [5, 5.41) is 14.7. The molecular formula is C13H13N3O3. The highest BCUT2D eigenvalue weighted by Gasteiger charge is 2.08. The Kier molecular flexibility index (Phi) is 4.00. The molecule has 0 aliphatic carbocycles. The molecular weight excluding hydrogens is 246 g/mol. The Morgan fingerprint density at radius 1 is 1.53 bits per heavy atom. The van der Waals surface area contributed by atoms with E-state index in [1.807, 2.05) is 0 Å². The van der Waals surface area contributed by atoms with Crippen LogP contribution in [-0.2, 0) is 0 Å². The van der Waals surface area contributed by atoms with Gasteiger partial charge >= 0.3 is 5.69 Å². The molecule has 6 heteroatoms. The number of methoxy groups -OCH3 is 1. The van der Waals surface area contributed by atoms with Gasteiger partial charge in [0.2, 0.25) is 0 Å². The molecule has 0 atom stereocenters. The highest BCUT2D eigenvalue weighted by molar-refractivity contribution is 5.52. The fraction of sp³-hybridized carbons (Fsp3) is 0.231. The topological polar surface area (TPSA) is 80.1 Å². The number of ether oxygens (including phenoxy) is 1. The molecule has 1 aromatic carbocycles. The molecule has 2 aromatic rings. The molecule has 19 heavy (non-hydrogen) atoms. The first-order valence-corrected chi connectivity index (χ1v) is 5.66. The van der Waals surface area contributed by atoms with Crippen LogP contribution in [0.3, 0.4) is 0 Å². The summed E-state index contributed by atoms with van der Waals surface area (Å²) < 4.78 is 6.56. The molecule has 0 unspecified atom stereocenters. The summed E-state index contributed by atoms with van der Waals surface area (Å²) in [7, 11) is 1.53. The number of aliphatic hydroxyl groups is 1. The molecule has 0 saturated heterocycles. The van der Waals surface area contributed by atoms with E-state index in [0.29, 0.717) is 17.9 Å². The fourth-order valence-electron chi connectivity index (χ4n) is 1.60. The van der Waals surface area contributed by atoms with Crippen LogP contribution in [0, 0.1) is 11.8 Å². The van der Waals surface area contributed by atoms with E-state index in [1.165, 1.54) is 18.0 Å². The number of hydrogen-bond acceptors (Lipinski definition) is 4. The lowest BCUT2D eigenvalue weighted by atomic mass is 10.2. The number of hydrogen-bond donors (Lipinski definition) is 2. The third kappa shape index (κ3) is 2.84. The van der Waals surface area contributed by atoms with Crippen molar-refractivity contribution in [1.29, 1.82) is 0 Å². The van der Waals surface area contributed by atoms with Crippen LogP contribution in [0.5, 0.6) is 5.75 Å². The lowest BCUT2D eigenvalue weighted by Gasteiger charge is -2.08. The molecule has 2 N–H and O–H groups in total. The van der Waals surface area contributed by atoms with Crippen LogP contribution in [0.4, 0.5) is 0 Å². The van der Waals surface area contributed by atoms with Crippen molar-refractivity contribution in [2.75, 3.05) is 13.7 Å². The molecule has 0 aliphatic rings. The van der Waals surface area contributed by atoms with Crippen LogP contribution in [-0.4, -0.2) is 33.6 Å². The number of nitrogens with zero attached hydrogens (tertiary/aromatic N) is 2. The van der Waals surface area contributed by atoms with Gasteiger partial charge in [0.05, 0.1) is 19.4 Å². The van der Waals surface area contributed by atoms with E-state index < -0.39 is 0 Å². The van der Waals surface area contributed by atoms with E-state index >= 15 is 0 Å². The second-order valence-corrected chi connectivity index (χ2v) is 3.69. The van der Waals surface area contributed by atoms with Crippen molar-refractivity contribution in [2.24, 2.45) is 0 Å². The standard InChI is InChI=1S/C13H13N3O3/c1-19-12-6-5-10(4-2-3-7-17)8-11(12)16-9-14-15-13(16)18/h5-6,8-9,17H,3,7H2,1H3,(H,15,18). The van der Waals surface area contributed by atoms with Gasteiger partial charge in [0, 0.05) is 12.0 Å². The van der Waals surface area contributed by atoms with Crippen LogP contribution in [0.15, 0.2) is 29.3 Å². The summed E-state index contributed by atoms with van der Waals surface area (Å²) in [6.07, 6.45) is 1.79. The van der Waals surface area contributed by atoms with Gasteiger partial charge in [0.15, 0.2) is 0 Å². The Morgan fingerprint density at radius 2 is 2.37 bits per heavy atom. The number of benzene rings is 1. The lowest BCUT2D eigenvalue weighted by Crippen LogP contribution is -2.15. The Hall–Kier alpha value is -2.52. The normalized spacial score (nSPS) is 9.79. The van der Waals surface area contributed by atoms with Crippen molar-refractivity contribution in [1.82, 2.24) is 14.8 Å². The zero-order chi connectivity index (χ0) is 13.7.